The summed E-state index contributed by atoms with van der Waals surface area (Å²) in [5, 5.41) is 3.39. The molecule has 0 radical (unpaired) electrons. The molecule has 1 heterocycles. The first-order valence-electron chi connectivity index (χ1n) is 6.48. The Kier molecular flexibility index (Phi) is 3.89. The predicted molar refractivity (Wildman–Crippen MR) is 75.1 cm³/mol. The minimum Gasteiger partial charge on any atom is -0.371 e. The second-order valence-corrected chi connectivity index (χ2v) is 4.75. The molecule has 17 heavy (non-hydrogen) atoms. The number of likely N-dealkylation sites (N-methyl/N-ethyl adjacent to an activating group) is 2. The number of benzene rings is 1. The van der Waals surface area contributed by atoms with Gasteiger partial charge in [-0.15, -0.1) is 0 Å². The highest BCUT2D eigenvalue weighted by atomic mass is 15.3. The lowest BCUT2D eigenvalue weighted by Crippen LogP contribution is -2.45. The zero-order chi connectivity index (χ0) is 12.3. The van der Waals surface area contributed by atoms with Crippen molar-refractivity contribution in [2.75, 3.05) is 43.5 Å². The van der Waals surface area contributed by atoms with Crippen LogP contribution in [0.5, 0.6) is 0 Å². The molecule has 1 aromatic carbocycles. The van der Waals surface area contributed by atoms with Gasteiger partial charge >= 0.3 is 0 Å². The van der Waals surface area contributed by atoms with Gasteiger partial charge in [0.05, 0.1) is 11.4 Å². The summed E-state index contributed by atoms with van der Waals surface area (Å²) in [6.45, 7) is 5.56. The first-order valence-corrected chi connectivity index (χ1v) is 6.48. The number of hydrogen-bond donors (Lipinski definition) is 1. The topological polar surface area (TPSA) is 18.5 Å². The summed E-state index contributed by atoms with van der Waals surface area (Å²) in [6.07, 6.45) is 1.17. The third-order valence-corrected chi connectivity index (χ3v) is 3.68. The van der Waals surface area contributed by atoms with E-state index < -0.39 is 0 Å². The number of fused-ring (bicyclic) bond motifs is 1. The van der Waals surface area contributed by atoms with Gasteiger partial charge in [-0.05, 0) is 25.6 Å². The standard InChI is InChI=1S/C14H23N3/c1-4-12(15-2)11-17-10-9-16(3)13-7-5-6-8-14(13)17/h5-8,12,15H,4,9-11H2,1-3H3. The molecule has 0 fully saturated rings. The lowest BCUT2D eigenvalue weighted by molar-refractivity contribution is 0.527. The van der Waals surface area contributed by atoms with Crippen LogP contribution in [0, 0.1) is 0 Å². The van der Waals surface area contributed by atoms with Crippen LogP contribution >= 0.6 is 0 Å². The summed E-state index contributed by atoms with van der Waals surface area (Å²) in [5.41, 5.74) is 2.72. The molecular weight excluding hydrogens is 210 g/mol. The quantitative estimate of drug-likeness (QED) is 0.857. The zero-order valence-corrected chi connectivity index (χ0v) is 11.1. The van der Waals surface area contributed by atoms with Crippen LogP contribution in [0.2, 0.25) is 0 Å². The fourth-order valence-corrected chi connectivity index (χ4v) is 2.45. The van der Waals surface area contributed by atoms with Crippen molar-refractivity contribution in [3.8, 4) is 0 Å². The number of nitrogens with zero attached hydrogens (tertiary/aromatic N) is 2. The minimum absolute atomic E-state index is 0.575. The molecule has 3 nitrogen and oxygen atoms in total. The van der Waals surface area contributed by atoms with Crippen molar-refractivity contribution in [2.45, 2.75) is 19.4 Å². The van der Waals surface area contributed by atoms with E-state index >= 15 is 0 Å². The molecule has 1 aliphatic rings. The van der Waals surface area contributed by atoms with Crippen LogP contribution in [-0.4, -0.2) is 39.8 Å². The van der Waals surface area contributed by atoms with Gasteiger partial charge in [0, 0.05) is 32.7 Å². The Bertz CT molecular complexity index is 360. The van der Waals surface area contributed by atoms with E-state index in [1.54, 1.807) is 0 Å². The van der Waals surface area contributed by atoms with E-state index in [-0.39, 0.29) is 0 Å². The van der Waals surface area contributed by atoms with E-state index in [4.69, 9.17) is 0 Å². The number of para-hydroxylation sites is 2. The van der Waals surface area contributed by atoms with Crippen LogP contribution < -0.4 is 15.1 Å². The number of anilines is 2. The molecule has 1 aliphatic heterocycles. The maximum Gasteiger partial charge on any atom is 0.0605 e. The van der Waals surface area contributed by atoms with Crippen molar-refractivity contribution in [3.05, 3.63) is 24.3 Å². The second-order valence-electron chi connectivity index (χ2n) is 4.75. The Balaban J connectivity index is 2.18. The van der Waals surface area contributed by atoms with E-state index in [1.165, 1.54) is 17.8 Å². The average molecular weight is 233 g/mol. The third-order valence-electron chi connectivity index (χ3n) is 3.68. The Morgan fingerprint density at radius 3 is 2.59 bits per heavy atom. The summed E-state index contributed by atoms with van der Waals surface area (Å²) in [4.78, 5) is 4.84. The van der Waals surface area contributed by atoms with Gasteiger partial charge in [0.1, 0.15) is 0 Å². The lowest BCUT2D eigenvalue weighted by atomic mass is 10.1. The molecule has 1 aromatic rings. The van der Waals surface area contributed by atoms with Crippen molar-refractivity contribution in [1.29, 1.82) is 0 Å². The van der Waals surface area contributed by atoms with Crippen molar-refractivity contribution >= 4 is 11.4 Å². The molecule has 0 aromatic heterocycles. The van der Waals surface area contributed by atoms with Crippen molar-refractivity contribution < 1.29 is 0 Å². The molecular formula is C14H23N3. The normalized spacial score (nSPS) is 16.9. The van der Waals surface area contributed by atoms with Crippen LogP contribution in [-0.2, 0) is 0 Å². The molecule has 0 bridgehead atoms. The molecule has 1 unspecified atom stereocenters. The molecule has 0 amide bonds. The summed E-state index contributed by atoms with van der Waals surface area (Å²) < 4.78 is 0. The molecule has 94 valence electrons. The monoisotopic (exact) mass is 233 g/mol. The van der Waals surface area contributed by atoms with E-state index in [1.807, 2.05) is 0 Å². The average Bonchev–Trinajstić information content (AvgIpc) is 2.38. The third kappa shape index (κ3) is 2.55. The molecule has 2 rings (SSSR count). The van der Waals surface area contributed by atoms with E-state index in [9.17, 15) is 0 Å². The van der Waals surface area contributed by atoms with Crippen molar-refractivity contribution in [2.24, 2.45) is 0 Å². The van der Waals surface area contributed by atoms with Crippen LogP contribution in [0.25, 0.3) is 0 Å². The van der Waals surface area contributed by atoms with Gasteiger partial charge in [-0.2, -0.15) is 0 Å². The smallest absolute Gasteiger partial charge is 0.0605 e. The Hall–Kier alpha value is -1.22. The van der Waals surface area contributed by atoms with Crippen LogP contribution in [0.3, 0.4) is 0 Å². The highest BCUT2D eigenvalue weighted by Gasteiger charge is 2.21. The van der Waals surface area contributed by atoms with Gasteiger partial charge in [0.15, 0.2) is 0 Å². The predicted octanol–water partition coefficient (Wildman–Crippen LogP) is 1.94. The van der Waals surface area contributed by atoms with Gasteiger partial charge in [-0.1, -0.05) is 19.1 Å². The second kappa shape index (κ2) is 5.41. The first kappa shape index (κ1) is 12.2. The first-order chi connectivity index (χ1) is 8.26. The van der Waals surface area contributed by atoms with Gasteiger partial charge in [0.25, 0.3) is 0 Å². The van der Waals surface area contributed by atoms with E-state index in [0.29, 0.717) is 6.04 Å². The van der Waals surface area contributed by atoms with Gasteiger partial charge in [-0.3, -0.25) is 0 Å². The fraction of sp³-hybridized carbons (Fsp3) is 0.571. The number of rotatable bonds is 4. The Labute approximate surface area is 104 Å². The fourth-order valence-electron chi connectivity index (χ4n) is 2.45. The van der Waals surface area contributed by atoms with Crippen LogP contribution in [0.1, 0.15) is 13.3 Å². The molecule has 0 spiro atoms. The maximum atomic E-state index is 3.39. The maximum absolute atomic E-state index is 3.39. The summed E-state index contributed by atoms with van der Waals surface area (Å²) in [5.74, 6) is 0. The SMILES string of the molecule is CCC(CN1CCN(C)c2ccccc21)NC. The molecule has 1 atom stereocenters. The minimum atomic E-state index is 0.575. The van der Waals surface area contributed by atoms with E-state index in [2.05, 4.69) is 60.4 Å². The summed E-state index contributed by atoms with van der Waals surface area (Å²) in [7, 11) is 4.22. The highest BCUT2D eigenvalue weighted by Crippen LogP contribution is 2.31. The number of hydrogen-bond acceptors (Lipinski definition) is 3. The molecule has 0 saturated heterocycles. The van der Waals surface area contributed by atoms with Gasteiger partial charge in [0.2, 0.25) is 0 Å². The van der Waals surface area contributed by atoms with Gasteiger partial charge in [-0.25, -0.2) is 0 Å². The highest BCUT2D eigenvalue weighted by molar-refractivity contribution is 5.73. The molecule has 0 aliphatic carbocycles. The summed E-state index contributed by atoms with van der Waals surface area (Å²) in [6, 6.07) is 9.26. The van der Waals surface area contributed by atoms with E-state index in [0.717, 1.165) is 19.6 Å². The van der Waals surface area contributed by atoms with Crippen LogP contribution in [0.15, 0.2) is 24.3 Å². The van der Waals surface area contributed by atoms with Crippen molar-refractivity contribution in [3.63, 3.8) is 0 Å². The summed E-state index contributed by atoms with van der Waals surface area (Å²) >= 11 is 0. The molecule has 3 heteroatoms. The van der Waals surface area contributed by atoms with Crippen LogP contribution in [0.4, 0.5) is 11.4 Å². The Morgan fingerprint density at radius 2 is 1.94 bits per heavy atom. The Morgan fingerprint density at radius 1 is 1.24 bits per heavy atom. The largest absolute Gasteiger partial charge is 0.371 e. The lowest BCUT2D eigenvalue weighted by Gasteiger charge is -2.38. The van der Waals surface area contributed by atoms with Crippen molar-refractivity contribution in [1.82, 2.24) is 5.32 Å². The van der Waals surface area contributed by atoms with Gasteiger partial charge < -0.3 is 15.1 Å². The number of nitrogens with one attached hydrogen (secondary N) is 1. The molecule has 0 saturated carbocycles. The zero-order valence-electron chi connectivity index (χ0n) is 11.1. The molecule has 1 N–H and O–H groups in total.